The third-order valence-corrected chi connectivity index (χ3v) is 2.03. The van der Waals surface area contributed by atoms with Gasteiger partial charge in [0, 0.05) is 0 Å². The second-order valence-corrected chi connectivity index (χ2v) is 3.67. The summed E-state index contributed by atoms with van der Waals surface area (Å²) in [5.41, 5.74) is 0. The Morgan fingerprint density at radius 1 is 1.53 bits per heavy atom. The second-order valence-electron chi connectivity index (χ2n) is 2.66. The normalized spacial score (nSPS) is 23.5. The van der Waals surface area contributed by atoms with E-state index in [1.807, 2.05) is 0 Å². The largest absolute Gasteiger partial charge is 1.00 e. The smallest absolute Gasteiger partial charge is 0.726 e. The monoisotopic (exact) mass is 284 g/mol. The van der Waals surface area contributed by atoms with Gasteiger partial charge in [-0.25, -0.2) is 8.42 Å². The zero-order valence-corrected chi connectivity index (χ0v) is 14.0. The van der Waals surface area contributed by atoms with Crippen LogP contribution < -0.4 is 64.2 Å². The average Bonchev–Trinajstić information content (AvgIpc) is 2.05. The molecule has 0 saturated carbocycles. The molecule has 11 heteroatoms. The molecular formula is C6H6Na2O8S. The van der Waals surface area contributed by atoms with Crippen molar-refractivity contribution in [2.45, 2.75) is 12.2 Å². The molecule has 1 rings (SSSR count). The maximum atomic E-state index is 10.3. The van der Waals surface area contributed by atoms with Crippen molar-refractivity contribution in [2.75, 3.05) is 6.61 Å². The summed E-state index contributed by atoms with van der Waals surface area (Å²) in [6.07, 6.45) is -2.32. The zero-order chi connectivity index (χ0) is 11.6. The Balaban J connectivity index is 0. The number of carbonyl (C=O) groups excluding carboxylic acids is 1. The van der Waals surface area contributed by atoms with E-state index in [9.17, 15) is 28.0 Å². The average molecular weight is 284 g/mol. The zero-order valence-electron chi connectivity index (χ0n) is 9.15. The predicted octanol–water partition coefficient (Wildman–Crippen LogP) is -9.14. The van der Waals surface area contributed by atoms with Gasteiger partial charge < -0.3 is 24.3 Å². The molecule has 0 radical (unpaired) electrons. The molecule has 17 heavy (non-hydrogen) atoms. The molecule has 0 amide bonds. The first-order valence-corrected chi connectivity index (χ1v) is 5.01. The van der Waals surface area contributed by atoms with Gasteiger partial charge in [-0.1, -0.05) is 0 Å². The summed E-state index contributed by atoms with van der Waals surface area (Å²) in [6, 6.07) is 0. The Morgan fingerprint density at radius 2 is 2.06 bits per heavy atom. The van der Waals surface area contributed by atoms with Crippen molar-refractivity contribution in [3.63, 3.8) is 0 Å². The van der Waals surface area contributed by atoms with Crippen molar-refractivity contribution >= 4 is 16.4 Å². The van der Waals surface area contributed by atoms with Crippen LogP contribution in [0.2, 0.25) is 0 Å². The molecule has 0 aromatic carbocycles. The molecule has 0 saturated heterocycles. The Kier molecular flexibility index (Phi) is 9.61. The number of carboxylic acid groups (broad SMARTS) is 1. The fraction of sp³-hybridized carbons (Fsp3) is 0.500. The van der Waals surface area contributed by atoms with Gasteiger partial charge >= 0.3 is 59.1 Å². The van der Waals surface area contributed by atoms with E-state index in [4.69, 9.17) is 0 Å². The van der Waals surface area contributed by atoms with Crippen LogP contribution in [0.25, 0.3) is 0 Å². The molecule has 2 unspecified atom stereocenters. The Labute approximate surface area is 142 Å². The molecule has 0 aromatic rings. The minimum absolute atomic E-state index is 0. The van der Waals surface area contributed by atoms with Crippen LogP contribution in [0.5, 0.6) is 0 Å². The number of carboxylic acids is 1. The van der Waals surface area contributed by atoms with E-state index < -0.39 is 40.9 Å². The number of aliphatic carboxylic acids is 1. The summed E-state index contributed by atoms with van der Waals surface area (Å²) < 4.78 is 38.9. The summed E-state index contributed by atoms with van der Waals surface area (Å²) in [4.78, 5) is 10.3. The van der Waals surface area contributed by atoms with Gasteiger partial charge in [0.05, 0.1) is 0 Å². The van der Waals surface area contributed by atoms with Crippen LogP contribution in [0.1, 0.15) is 0 Å². The summed E-state index contributed by atoms with van der Waals surface area (Å²) >= 11 is 0. The van der Waals surface area contributed by atoms with E-state index in [1.54, 1.807) is 0 Å². The van der Waals surface area contributed by atoms with E-state index in [1.165, 1.54) is 0 Å². The van der Waals surface area contributed by atoms with Gasteiger partial charge in [-0.2, -0.15) is 0 Å². The molecule has 1 aliphatic rings. The fourth-order valence-electron chi connectivity index (χ4n) is 0.944. The molecule has 0 bridgehead atoms. The maximum Gasteiger partial charge on any atom is 1.00 e. The number of aliphatic hydroxyl groups excluding tert-OH is 1. The second kappa shape index (κ2) is 8.10. The number of hydrogen-bond donors (Lipinski definition) is 1. The molecular weight excluding hydrogens is 278 g/mol. The van der Waals surface area contributed by atoms with E-state index in [0.717, 1.165) is 0 Å². The Bertz CT molecular complexity index is 391. The van der Waals surface area contributed by atoms with Crippen LogP contribution in [-0.4, -0.2) is 42.9 Å². The quantitative estimate of drug-likeness (QED) is 0.306. The van der Waals surface area contributed by atoms with E-state index >= 15 is 0 Å². The number of carbonyl (C=O) groups is 1. The molecule has 0 aliphatic carbocycles. The third-order valence-electron chi connectivity index (χ3n) is 1.55. The van der Waals surface area contributed by atoms with Crippen LogP contribution in [0.15, 0.2) is 11.8 Å². The predicted molar refractivity (Wildman–Crippen MR) is 39.6 cm³/mol. The maximum absolute atomic E-state index is 10.3. The third kappa shape index (κ3) is 7.11. The molecule has 1 N–H and O–H groups in total. The Hall–Kier alpha value is 0.840. The van der Waals surface area contributed by atoms with Crippen molar-refractivity contribution in [1.29, 1.82) is 0 Å². The molecule has 8 nitrogen and oxygen atoms in total. The van der Waals surface area contributed by atoms with Crippen molar-refractivity contribution in [3.8, 4) is 0 Å². The topological polar surface area (TPSA) is 136 Å². The summed E-state index contributed by atoms with van der Waals surface area (Å²) in [5, 5.41) is 19.4. The summed E-state index contributed by atoms with van der Waals surface area (Å²) in [5.74, 6) is -2.29. The molecule has 86 valence electrons. The molecule has 0 aromatic heterocycles. The van der Waals surface area contributed by atoms with Gasteiger partial charge in [0.2, 0.25) is 10.4 Å². The van der Waals surface area contributed by atoms with Gasteiger partial charge in [-0.05, 0) is 6.08 Å². The molecule has 0 fully saturated rings. The van der Waals surface area contributed by atoms with Crippen molar-refractivity contribution in [3.05, 3.63) is 11.8 Å². The van der Waals surface area contributed by atoms with Crippen LogP contribution in [0.3, 0.4) is 0 Å². The Morgan fingerprint density at radius 3 is 2.41 bits per heavy atom. The van der Waals surface area contributed by atoms with Gasteiger partial charge in [0.15, 0.2) is 0 Å². The number of aliphatic hydroxyl groups is 1. The van der Waals surface area contributed by atoms with Crippen LogP contribution in [-0.2, 0) is 24.1 Å². The first-order chi connectivity index (χ1) is 6.79. The molecule has 0 spiro atoms. The first kappa shape index (κ1) is 20.2. The molecule has 1 heterocycles. The van der Waals surface area contributed by atoms with E-state index in [2.05, 4.69) is 8.92 Å². The van der Waals surface area contributed by atoms with Gasteiger partial charge in [-0.3, -0.25) is 4.18 Å². The van der Waals surface area contributed by atoms with Gasteiger partial charge in [0.1, 0.15) is 30.5 Å². The molecule has 1 aliphatic heterocycles. The summed E-state index contributed by atoms with van der Waals surface area (Å²) in [7, 11) is -4.98. The summed E-state index contributed by atoms with van der Waals surface area (Å²) in [6.45, 7) is -0.567. The van der Waals surface area contributed by atoms with E-state index in [-0.39, 0.29) is 59.1 Å². The van der Waals surface area contributed by atoms with Crippen LogP contribution >= 0.6 is 0 Å². The number of hydrogen-bond acceptors (Lipinski definition) is 8. The number of rotatable bonds is 3. The SMILES string of the molecule is O=C([O-])C1=CC(O)C(OS(=O)(=O)[O-])CO1.[Na+].[Na+]. The number of ether oxygens (including phenoxy) is 1. The van der Waals surface area contributed by atoms with E-state index in [0.29, 0.717) is 6.08 Å². The van der Waals surface area contributed by atoms with Gasteiger partial charge in [0.25, 0.3) is 0 Å². The van der Waals surface area contributed by atoms with Crippen LogP contribution in [0.4, 0.5) is 0 Å². The van der Waals surface area contributed by atoms with Crippen LogP contribution in [0, 0.1) is 0 Å². The molecule has 2 atom stereocenters. The minimum atomic E-state index is -4.98. The fourth-order valence-corrected chi connectivity index (χ4v) is 1.42. The minimum Gasteiger partial charge on any atom is -0.726 e. The van der Waals surface area contributed by atoms with Gasteiger partial charge in [-0.15, -0.1) is 0 Å². The van der Waals surface area contributed by atoms with Crippen molar-refractivity contribution < 1.29 is 96.0 Å². The first-order valence-electron chi connectivity index (χ1n) is 3.68. The van der Waals surface area contributed by atoms with Crippen molar-refractivity contribution in [1.82, 2.24) is 0 Å². The van der Waals surface area contributed by atoms with Crippen molar-refractivity contribution in [2.24, 2.45) is 0 Å². The standard InChI is InChI=1S/C6H8O8S.2Na/c7-3-1-4(6(8)9)13-2-5(3)14-15(10,11)12;;/h1,3,5,7H,2H2,(H,8,9)(H,10,11,12);;/q;2*+1/p-2.